The molecule has 0 unspecified atom stereocenters. The molecule has 1 aromatic heterocycles. The van der Waals surface area contributed by atoms with Crippen molar-refractivity contribution in [3.05, 3.63) is 48.3 Å². The molecule has 5 nitrogen and oxygen atoms in total. The molecule has 0 aliphatic carbocycles. The van der Waals surface area contributed by atoms with E-state index in [1.54, 1.807) is 17.8 Å². The van der Waals surface area contributed by atoms with E-state index in [1.807, 2.05) is 57.3 Å². The fraction of sp³-hybridized carbons (Fsp3) is 0.444. The predicted molar refractivity (Wildman–Crippen MR) is 97.4 cm³/mol. The smallest absolute Gasteiger partial charge is 0.235 e. The molecule has 2 rings (SSSR count). The number of benzene rings is 1. The number of nitrogens with one attached hydrogen (secondary N) is 1. The van der Waals surface area contributed by atoms with Gasteiger partial charge in [0.1, 0.15) is 5.25 Å². The molecule has 1 amide bonds. The van der Waals surface area contributed by atoms with Gasteiger partial charge in [0, 0.05) is 34.5 Å². The van der Waals surface area contributed by atoms with Crippen molar-refractivity contribution in [2.75, 3.05) is 0 Å². The van der Waals surface area contributed by atoms with Crippen LogP contribution in [0.2, 0.25) is 0 Å². The average molecular weight is 347 g/mol. The van der Waals surface area contributed by atoms with Gasteiger partial charge in [0.05, 0.1) is 5.69 Å². The Morgan fingerprint density at radius 1 is 1.33 bits per heavy atom. The van der Waals surface area contributed by atoms with Crippen molar-refractivity contribution in [1.29, 1.82) is 0 Å². The minimum Gasteiger partial charge on any atom is -0.350 e. The molecule has 6 heteroatoms. The lowest BCUT2D eigenvalue weighted by Crippen LogP contribution is -2.47. The highest BCUT2D eigenvalue weighted by Gasteiger charge is 2.25. The zero-order valence-corrected chi connectivity index (χ0v) is 15.5. The Labute approximate surface area is 145 Å². The van der Waals surface area contributed by atoms with Gasteiger partial charge in [0.2, 0.25) is 5.91 Å². The summed E-state index contributed by atoms with van der Waals surface area (Å²) in [4.78, 5) is 12.2. The Balaban J connectivity index is 1.97. The summed E-state index contributed by atoms with van der Waals surface area (Å²) < 4.78 is 14.2. The van der Waals surface area contributed by atoms with Crippen LogP contribution in [0.1, 0.15) is 39.7 Å². The van der Waals surface area contributed by atoms with Gasteiger partial charge in [-0.15, -0.1) is 0 Å². The van der Waals surface area contributed by atoms with E-state index in [0.717, 1.165) is 17.7 Å². The highest BCUT2D eigenvalue weighted by Crippen LogP contribution is 2.13. The van der Waals surface area contributed by atoms with Crippen molar-refractivity contribution in [1.82, 2.24) is 15.1 Å². The molecule has 1 N–H and O–H groups in total. The number of aromatic nitrogens is 2. The molecule has 0 saturated heterocycles. The molecule has 130 valence electrons. The van der Waals surface area contributed by atoms with E-state index in [0.29, 0.717) is 5.75 Å². The lowest BCUT2D eigenvalue weighted by atomic mass is 10.0. The molecule has 1 aromatic carbocycles. The van der Waals surface area contributed by atoms with E-state index in [9.17, 15) is 9.00 Å². The first-order chi connectivity index (χ1) is 11.3. The quantitative estimate of drug-likeness (QED) is 0.838. The molecule has 1 heterocycles. The van der Waals surface area contributed by atoms with Gasteiger partial charge >= 0.3 is 0 Å². The molecular weight excluding hydrogens is 322 g/mol. The normalized spacial score (nSPS) is 14.2. The fourth-order valence-corrected chi connectivity index (χ4v) is 3.17. The molecule has 2 aromatic rings. The summed E-state index contributed by atoms with van der Waals surface area (Å²) in [7, 11) is -1.26. The summed E-state index contributed by atoms with van der Waals surface area (Å²) in [6.45, 7) is 7.67. The third kappa shape index (κ3) is 4.77. The Kier molecular flexibility index (Phi) is 5.94. The second-order valence-corrected chi connectivity index (χ2v) is 8.27. The highest BCUT2D eigenvalue weighted by atomic mass is 32.2. The zero-order chi connectivity index (χ0) is 17.7. The lowest BCUT2D eigenvalue weighted by molar-refractivity contribution is -0.121. The van der Waals surface area contributed by atoms with Gasteiger partial charge in [0.25, 0.3) is 0 Å². The van der Waals surface area contributed by atoms with E-state index in [4.69, 9.17) is 0 Å². The first-order valence-corrected chi connectivity index (χ1v) is 9.49. The Morgan fingerprint density at radius 2 is 2.00 bits per heavy atom. The Bertz CT molecular complexity index is 694. The van der Waals surface area contributed by atoms with Crippen molar-refractivity contribution < 1.29 is 9.00 Å². The topological polar surface area (TPSA) is 64.0 Å². The molecule has 0 radical (unpaired) electrons. The van der Waals surface area contributed by atoms with Gasteiger partial charge < -0.3 is 5.32 Å². The third-order valence-corrected chi connectivity index (χ3v) is 5.74. The standard InChI is InChI=1S/C18H25N3O2S/c1-5-18(3,4)20-17(22)14(2)24(23)13-15-7-9-16(10-8-15)21-12-6-11-19-21/h6-12,14H,5,13H2,1-4H3,(H,20,22)/t14-,24+/m1/s1. The van der Waals surface area contributed by atoms with Crippen LogP contribution in [0.5, 0.6) is 0 Å². The van der Waals surface area contributed by atoms with E-state index >= 15 is 0 Å². The van der Waals surface area contributed by atoms with Crippen molar-refractivity contribution in [3.63, 3.8) is 0 Å². The van der Waals surface area contributed by atoms with Crippen LogP contribution in [0.15, 0.2) is 42.7 Å². The summed E-state index contributed by atoms with van der Waals surface area (Å²) in [6.07, 6.45) is 4.42. The van der Waals surface area contributed by atoms with E-state index in [2.05, 4.69) is 10.4 Å². The molecule has 0 saturated carbocycles. The number of rotatable bonds is 7. The van der Waals surface area contributed by atoms with Gasteiger partial charge in [-0.2, -0.15) is 5.10 Å². The first kappa shape index (κ1) is 18.4. The molecule has 0 bridgehead atoms. The van der Waals surface area contributed by atoms with E-state index < -0.39 is 16.0 Å². The van der Waals surface area contributed by atoms with Crippen molar-refractivity contribution in [2.24, 2.45) is 0 Å². The number of hydrogen-bond donors (Lipinski definition) is 1. The van der Waals surface area contributed by atoms with E-state index in [1.165, 1.54) is 0 Å². The summed E-state index contributed by atoms with van der Waals surface area (Å²) in [5.41, 5.74) is 1.62. The van der Waals surface area contributed by atoms with Crippen LogP contribution in [0, 0.1) is 0 Å². The van der Waals surface area contributed by atoms with Crippen molar-refractivity contribution in [2.45, 2.75) is 50.7 Å². The SMILES string of the molecule is CCC(C)(C)NC(=O)[C@@H](C)[S@@](=O)Cc1ccc(-n2cccn2)cc1. The van der Waals surface area contributed by atoms with Crippen LogP contribution < -0.4 is 5.32 Å². The molecule has 0 aliphatic heterocycles. The summed E-state index contributed by atoms with van der Waals surface area (Å²) in [5.74, 6) is 0.203. The maximum Gasteiger partial charge on any atom is 0.235 e. The first-order valence-electron chi connectivity index (χ1n) is 8.10. The Morgan fingerprint density at radius 3 is 2.54 bits per heavy atom. The van der Waals surface area contributed by atoms with Crippen LogP contribution >= 0.6 is 0 Å². The molecular formula is C18H25N3O2S. The minimum absolute atomic E-state index is 0.159. The summed E-state index contributed by atoms with van der Waals surface area (Å²) >= 11 is 0. The summed E-state index contributed by atoms with van der Waals surface area (Å²) in [6, 6.07) is 9.58. The maximum atomic E-state index is 12.5. The zero-order valence-electron chi connectivity index (χ0n) is 14.7. The third-order valence-electron chi connectivity index (χ3n) is 4.12. The van der Waals surface area contributed by atoms with Gasteiger partial charge in [-0.3, -0.25) is 9.00 Å². The minimum atomic E-state index is -1.26. The van der Waals surface area contributed by atoms with E-state index in [-0.39, 0.29) is 11.4 Å². The van der Waals surface area contributed by atoms with Gasteiger partial charge in [-0.1, -0.05) is 19.1 Å². The fourth-order valence-electron chi connectivity index (χ4n) is 2.10. The molecule has 24 heavy (non-hydrogen) atoms. The number of amides is 1. The number of carbonyl (C=O) groups is 1. The van der Waals surface area contributed by atoms with Gasteiger partial charge in [-0.25, -0.2) is 4.68 Å². The summed E-state index contributed by atoms with van der Waals surface area (Å²) in [5, 5.41) is 6.59. The number of nitrogens with zero attached hydrogens (tertiary/aromatic N) is 2. The second-order valence-electron chi connectivity index (χ2n) is 6.51. The van der Waals surface area contributed by atoms with Crippen molar-refractivity contribution >= 4 is 16.7 Å². The monoisotopic (exact) mass is 347 g/mol. The second kappa shape index (κ2) is 7.75. The highest BCUT2D eigenvalue weighted by molar-refractivity contribution is 7.85. The molecule has 2 atom stereocenters. The van der Waals surface area contributed by atoms with Crippen LogP contribution in [0.4, 0.5) is 0 Å². The van der Waals surface area contributed by atoms with Crippen LogP contribution in [-0.4, -0.2) is 30.7 Å². The molecule has 0 spiro atoms. The van der Waals surface area contributed by atoms with Crippen LogP contribution in [0.3, 0.4) is 0 Å². The number of hydrogen-bond acceptors (Lipinski definition) is 3. The Hall–Kier alpha value is -1.95. The van der Waals surface area contributed by atoms with Crippen molar-refractivity contribution in [3.8, 4) is 5.69 Å². The predicted octanol–water partition coefficient (Wildman–Crippen LogP) is 2.81. The van der Waals surface area contributed by atoms with Crippen LogP contribution in [-0.2, 0) is 21.3 Å². The largest absolute Gasteiger partial charge is 0.350 e. The molecule has 0 aliphatic rings. The average Bonchev–Trinajstić information content (AvgIpc) is 3.08. The number of carbonyl (C=O) groups excluding carboxylic acids is 1. The maximum absolute atomic E-state index is 12.5. The lowest BCUT2D eigenvalue weighted by Gasteiger charge is -2.26. The molecule has 0 fully saturated rings. The van der Waals surface area contributed by atoms with Gasteiger partial charge in [-0.05, 0) is 51.0 Å². The van der Waals surface area contributed by atoms with Crippen LogP contribution in [0.25, 0.3) is 5.69 Å². The van der Waals surface area contributed by atoms with Gasteiger partial charge in [0.15, 0.2) is 0 Å².